The van der Waals surface area contributed by atoms with Crippen molar-refractivity contribution < 1.29 is 4.79 Å². The Morgan fingerprint density at radius 3 is 2.50 bits per heavy atom. The van der Waals surface area contributed by atoms with Crippen LogP contribution < -0.4 is 10.6 Å². The second kappa shape index (κ2) is 7.01. The quantitative estimate of drug-likeness (QED) is 0.719. The van der Waals surface area contributed by atoms with Crippen molar-refractivity contribution in [1.29, 1.82) is 0 Å². The summed E-state index contributed by atoms with van der Waals surface area (Å²) in [7, 11) is 1.64. The molecule has 0 unspecified atom stereocenters. The maximum atomic E-state index is 11.3. The van der Waals surface area contributed by atoms with Crippen LogP contribution >= 0.6 is 0 Å². The molecule has 0 aliphatic heterocycles. The average molecular weight is 220 g/mol. The van der Waals surface area contributed by atoms with Gasteiger partial charge >= 0.3 is 0 Å². The molecule has 0 radical (unpaired) electrons. The molecule has 0 saturated carbocycles. The summed E-state index contributed by atoms with van der Waals surface area (Å²) >= 11 is 0. The number of carbonyl (C=O) groups excluding carboxylic acids is 1. The van der Waals surface area contributed by atoms with Gasteiger partial charge in [-0.05, 0) is 30.7 Å². The summed E-state index contributed by atoms with van der Waals surface area (Å²) in [6.45, 7) is 4.10. The Morgan fingerprint density at radius 1 is 1.25 bits per heavy atom. The molecule has 1 aromatic carbocycles. The van der Waals surface area contributed by atoms with E-state index in [1.165, 1.54) is 18.4 Å². The Morgan fingerprint density at radius 2 is 1.94 bits per heavy atom. The predicted octanol–water partition coefficient (Wildman–Crippen LogP) is 1.94. The van der Waals surface area contributed by atoms with Crippen LogP contribution in [0.15, 0.2) is 24.3 Å². The standard InChI is InChI=1S/C13H20N2O/c1-3-4-9-15-10-11-5-7-12(8-6-11)13(16)14-2/h5-8,15H,3-4,9-10H2,1-2H3,(H,14,16). The van der Waals surface area contributed by atoms with Gasteiger partial charge in [-0.1, -0.05) is 25.5 Å². The molecule has 0 aliphatic rings. The summed E-state index contributed by atoms with van der Waals surface area (Å²) in [5.41, 5.74) is 1.92. The molecule has 1 rings (SSSR count). The highest BCUT2D eigenvalue weighted by molar-refractivity contribution is 5.93. The lowest BCUT2D eigenvalue weighted by molar-refractivity contribution is 0.0963. The minimum atomic E-state index is -0.0366. The monoisotopic (exact) mass is 220 g/mol. The Bertz CT molecular complexity index is 319. The number of nitrogens with one attached hydrogen (secondary N) is 2. The SMILES string of the molecule is CCCCNCc1ccc(C(=O)NC)cc1. The number of unbranched alkanes of at least 4 members (excludes halogenated alkanes) is 1. The zero-order valence-corrected chi connectivity index (χ0v) is 10.0. The molecule has 1 aromatic rings. The van der Waals surface area contributed by atoms with E-state index in [2.05, 4.69) is 17.6 Å². The smallest absolute Gasteiger partial charge is 0.251 e. The van der Waals surface area contributed by atoms with Gasteiger partial charge in [0.05, 0.1) is 0 Å². The van der Waals surface area contributed by atoms with Gasteiger partial charge in [-0.2, -0.15) is 0 Å². The molecule has 0 atom stereocenters. The lowest BCUT2D eigenvalue weighted by Crippen LogP contribution is -2.18. The maximum absolute atomic E-state index is 11.3. The number of carbonyl (C=O) groups is 1. The number of rotatable bonds is 6. The number of benzene rings is 1. The van der Waals surface area contributed by atoms with Crippen LogP contribution in [0.2, 0.25) is 0 Å². The summed E-state index contributed by atoms with van der Waals surface area (Å²) < 4.78 is 0. The average Bonchev–Trinajstić information content (AvgIpc) is 2.34. The maximum Gasteiger partial charge on any atom is 0.251 e. The fourth-order valence-corrected chi connectivity index (χ4v) is 1.45. The second-order valence-corrected chi connectivity index (χ2v) is 3.81. The summed E-state index contributed by atoms with van der Waals surface area (Å²) in [5, 5.41) is 5.97. The van der Waals surface area contributed by atoms with Crippen LogP contribution in [-0.2, 0) is 6.54 Å². The molecule has 0 bridgehead atoms. The predicted molar refractivity (Wildman–Crippen MR) is 66.4 cm³/mol. The van der Waals surface area contributed by atoms with Crippen LogP contribution in [0.1, 0.15) is 35.7 Å². The van der Waals surface area contributed by atoms with Crippen molar-refractivity contribution in [3.8, 4) is 0 Å². The molecule has 1 amide bonds. The molecule has 0 heterocycles. The van der Waals surface area contributed by atoms with E-state index in [0.29, 0.717) is 5.56 Å². The Kier molecular flexibility index (Phi) is 5.57. The van der Waals surface area contributed by atoms with Crippen LogP contribution in [0, 0.1) is 0 Å². The van der Waals surface area contributed by atoms with Gasteiger partial charge in [-0.15, -0.1) is 0 Å². The van der Waals surface area contributed by atoms with E-state index < -0.39 is 0 Å². The number of amides is 1. The molecule has 0 fully saturated rings. The molecule has 0 aliphatic carbocycles. The normalized spacial score (nSPS) is 10.1. The molecule has 3 nitrogen and oxygen atoms in total. The van der Waals surface area contributed by atoms with Gasteiger partial charge in [-0.3, -0.25) is 4.79 Å². The van der Waals surface area contributed by atoms with Gasteiger partial charge in [0.15, 0.2) is 0 Å². The second-order valence-electron chi connectivity index (χ2n) is 3.81. The van der Waals surface area contributed by atoms with Gasteiger partial charge in [0.25, 0.3) is 5.91 Å². The van der Waals surface area contributed by atoms with Gasteiger partial charge < -0.3 is 10.6 Å². The van der Waals surface area contributed by atoms with E-state index in [1.54, 1.807) is 7.05 Å². The molecular weight excluding hydrogens is 200 g/mol. The largest absolute Gasteiger partial charge is 0.355 e. The van der Waals surface area contributed by atoms with Gasteiger partial charge in [-0.25, -0.2) is 0 Å². The van der Waals surface area contributed by atoms with Gasteiger partial charge in [0, 0.05) is 19.2 Å². The third-order valence-electron chi connectivity index (χ3n) is 2.48. The number of hydrogen-bond donors (Lipinski definition) is 2. The lowest BCUT2D eigenvalue weighted by Gasteiger charge is -2.05. The first-order valence-electron chi connectivity index (χ1n) is 5.79. The molecule has 88 valence electrons. The van der Waals surface area contributed by atoms with Crippen molar-refractivity contribution in [2.75, 3.05) is 13.6 Å². The summed E-state index contributed by atoms with van der Waals surface area (Å²) in [6.07, 6.45) is 2.42. The third-order valence-corrected chi connectivity index (χ3v) is 2.48. The summed E-state index contributed by atoms with van der Waals surface area (Å²) in [6, 6.07) is 7.69. The molecular formula is C13H20N2O. The van der Waals surface area contributed by atoms with E-state index >= 15 is 0 Å². The van der Waals surface area contributed by atoms with Crippen LogP contribution in [-0.4, -0.2) is 19.5 Å². The van der Waals surface area contributed by atoms with Gasteiger partial charge in [0.2, 0.25) is 0 Å². The highest BCUT2D eigenvalue weighted by Gasteiger charge is 2.01. The van der Waals surface area contributed by atoms with E-state index in [-0.39, 0.29) is 5.91 Å². The van der Waals surface area contributed by atoms with Gasteiger partial charge in [0.1, 0.15) is 0 Å². The summed E-state index contributed by atoms with van der Waals surface area (Å²) in [5.74, 6) is -0.0366. The summed E-state index contributed by atoms with van der Waals surface area (Å²) in [4.78, 5) is 11.3. The molecule has 3 heteroatoms. The molecule has 2 N–H and O–H groups in total. The van der Waals surface area contributed by atoms with E-state index in [1.807, 2.05) is 24.3 Å². The highest BCUT2D eigenvalue weighted by Crippen LogP contribution is 2.04. The fourth-order valence-electron chi connectivity index (χ4n) is 1.45. The minimum Gasteiger partial charge on any atom is -0.355 e. The van der Waals surface area contributed by atoms with Crippen molar-refractivity contribution in [1.82, 2.24) is 10.6 Å². The van der Waals surface area contributed by atoms with Crippen LogP contribution in [0.25, 0.3) is 0 Å². The van der Waals surface area contributed by atoms with E-state index in [4.69, 9.17) is 0 Å². The van der Waals surface area contributed by atoms with Crippen molar-refractivity contribution in [3.63, 3.8) is 0 Å². The van der Waals surface area contributed by atoms with Crippen LogP contribution in [0.3, 0.4) is 0 Å². The van der Waals surface area contributed by atoms with Crippen molar-refractivity contribution in [2.24, 2.45) is 0 Å². The topological polar surface area (TPSA) is 41.1 Å². The zero-order valence-electron chi connectivity index (χ0n) is 10.0. The van der Waals surface area contributed by atoms with E-state index in [9.17, 15) is 4.79 Å². The molecule has 16 heavy (non-hydrogen) atoms. The molecule has 0 saturated heterocycles. The molecule has 0 spiro atoms. The highest BCUT2D eigenvalue weighted by atomic mass is 16.1. The fraction of sp³-hybridized carbons (Fsp3) is 0.462. The Labute approximate surface area is 97.2 Å². The first kappa shape index (κ1) is 12.7. The van der Waals surface area contributed by atoms with Crippen LogP contribution in [0.4, 0.5) is 0 Å². The first-order valence-corrected chi connectivity index (χ1v) is 5.79. The van der Waals surface area contributed by atoms with Crippen molar-refractivity contribution in [3.05, 3.63) is 35.4 Å². The van der Waals surface area contributed by atoms with Crippen molar-refractivity contribution >= 4 is 5.91 Å². The van der Waals surface area contributed by atoms with Crippen molar-refractivity contribution in [2.45, 2.75) is 26.3 Å². The third kappa shape index (κ3) is 4.03. The first-order chi connectivity index (χ1) is 7.77. The Hall–Kier alpha value is -1.35. The zero-order chi connectivity index (χ0) is 11.8. The minimum absolute atomic E-state index is 0.0366. The van der Waals surface area contributed by atoms with E-state index in [0.717, 1.165) is 13.1 Å². The lowest BCUT2D eigenvalue weighted by atomic mass is 10.1. The number of hydrogen-bond acceptors (Lipinski definition) is 2. The Balaban J connectivity index is 2.42. The molecule has 0 aromatic heterocycles. The van der Waals surface area contributed by atoms with Crippen LogP contribution in [0.5, 0.6) is 0 Å².